The molecule has 0 unspecified atom stereocenters. The van der Waals surface area contributed by atoms with E-state index in [9.17, 15) is 18.8 Å². The molecule has 0 aliphatic carbocycles. The molecule has 32 heavy (non-hydrogen) atoms. The number of amides is 3. The van der Waals surface area contributed by atoms with Crippen LogP contribution >= 0.6 is 35.0 Å². The molecule has 3 aromatic rings. The van der Waals surface area contributed by atoms with Crippen LogP contribution in [0.15, 0.2) is 63.9 Å². The highest BCUT2D eigenvalue weighted by molar-refractivity contribution is 8.18. The molecule has 1 fully saturated rings. The second kappa shape index (κ2) is 9.20. The molecule has 1 aliphatic heterocycles. The summed E-state index contributed by atoms with van der Waals surface area (Å²) in [5.41, 5.74) is 0.655. The van der Waals surface area contributed by atoms with Crippen molar-refractivity contribution in [2.24, 2.45) is 0 Å². The molecular formula is C22H13Cl2FN2O4S. The molecule has 0 radical (unpaired) electrons. The minimum absolute atomic E-state index is 0.0366. The van der Waals surface area contributed by atoms with E-state index in [-0.39, 0.29) is 10.6 Å². The standard InChI is InChI=1S/C22H13Cl2FN2O4S/c23-14-7-5-12(9-15(14)24)18-8-6-13(31-18)10-19-21(29)27(22(30)32-19)11-20(28)26-17-4-2-1-3-16(17)25/h1-10H,11H2,(H,26,28)/b19-10+. The van der Waals surface area contributed by atoms with Gasteiger partial charge in [-0.3, -0.25) is 19.3 Å². The minimum atomic E-state index is -0.696. The molecule has 6 nitrogen and oxygen atoms in total. The third-order valence-electron chi connectivity index (χ3n) is 4.43. The Balaban J connectivity index is 1.46. The number of nitrogens with zero attached hydrogens (tertiary/aromatic N) is 1. The van der Waals surface area contributed by atoms with Crippen LogP contribution in [0.3, 0.4) is 0 Å². The highest BCUT2D eigenvalue weighted by atomic mass is 35.5. The van der Waals surface area contributed by atoms with Gasteiger partial charge in [0.2, 0.25) is 5.91 Å². The molecule has 4 rings (SSSR count). The number of nitrogens with one attached hydrogen (secondary N) is 1. The van der Waals surface area contributed by atoms with E-state index >= 15 is 0 Å². The van der Waals surface area contributed by atoms with Crippen LogP contribution in [-0.4, -0.2) is 28.5 Å². The van der Waals surface area contributed by atoms with Crippen LogP contribution in [0.5, 0.6) is 0 Å². The van der Waals surface area contributed by atoms with Gasteiger partial charge in [-0.2, -0.15) is 0 Å². The van der Waals surface area contributed by atoms with Gasteiger partial charge in [-0.1, -0.05) is 35.3 Å². The van der Waals surface area contributed by atoms with Gasteiger partial charge in [-0.05, 0) is 54.2 Å². The smallest absolute Gasteiger partial charge is 0.294 e. The predicted molar refractivity (Wildman–Crippen MR) is 122 cm³/mol. The Morgan fingerprint density at radius 3 is 2.62 bits per heavy atom. The zero-order valence-corrected chi connectivity index (χ0v) is 18.4. The van der Waals surface area contributed by atoms with Crippen molar-refractivity contribution in [1.82, 2.24) is 4.90 Å². The summed E-state index contributed by atoms with van der Waals surface area (Å²) in [6.45, 7) is -0.539. The van der Waals surface area contributed by atoms with E-state index in [1.807, 2.05) is 0 Å². The van der Waals surface area contributed by atoms with Crippen LogP contribution in [0.25, 0.3) is 17.4 Å². The average molecular weight is 491 g/mol. The van der Waals surface area contributed by atoms with Crippen LogP contribution in [0, 0.1) is 5.82 Å². The van der Waals surface area contributed by atoms with Crippen molar-refractivity contribution >= 4 is 63.8 Å². The maximum Gasteiger partial charge on any atom is 0.294 e. The number of anilines is 1. The fourth-order valence-electron chi connectivity index (χ4n) is 2.90. The Hall–Kier alpha value is -3.07. The summed E-state index contributed by atoms with van der Waals surface area (Å²) >= 11 is 12.6. The minimum Gasteiger partial charge on any atom is -0.457 e. The number of halogens is 3. The lowest BCUT2D eigenvalue weighted by Crippen LogP contribution is -2.36. The third-order valence-corrected chi connectivity index (χ3v) is 6.07. The van der Waals surface area contributed by atoms with Crippen LogP contribution in [0.4, 0.5) is 14.9 Å². The monoisotopic (exact) mass is 490 g/mol. The van der Waals surface area contributed by atoms with E-state index in [0.717, 1.165) is 4.90 Å². The molecule has 1 aliphatic rings. The zero-order chi connectivity index (χ0) is 22.8. The van der Waals surface area contributed by atoms with Crippen molar-refractivity contribution < 1.29 is 23.2 Å². The fraction of sp³-hybridized carbons (Fsp3) is 0.0455. The molecule has 2 heterocycles. The van der Waals surface area contributed by atoms with Crippen LogP contribution in [0.2, 0.25) is 10.0 Å². The third kappa shape index (κ3) is 4.72. The van der Waals surface area contributed by atoms with E-state index in [2.05, 4.69) is 5.32 Å². The molecule has 1 aromatic heterocycles. The maximum absolute atomic E-state index is 13.7. The van der Waals surface area contributed by atoms with Gasteiger partial charge in [-0.25, -0.2) is 4.39 Å². The summed E-state index contributed by atoms with van der Waals surface area (Å²) in [7, 11) is 0. The Morgan fingerprint density at radius 1 is 1.09 bits per heavy atom. The number of imide groups is 1. The van der Waals surface area contributed by atoms with Gasteiger partial charge in [0, 0.05) is 11.6 Å². The fourth-order valence-corrected chi connectivity index (χ4v) is 4.01. The molecule has 1 saturated heterocycles. The quantitative estimate of drug-likeness (QED) is 0.439. The van der Waals surface area contributed by atoms with E-state index in [4.69, 9.17) is 27.6 Å². The van der Waals surface area contributed by atoms with Crippen LogP contribution < -0.4 is 5.32 Å². The first kappa shape index (κ1) is 22.1. The van der Waals surface area contributed by atoms with E-state index in [1.54, 1.807) is 36.4 Å². The van der Waals surface area contributed by atoms with Gasteiger partial charge in [0.1, 0.15) is 23.9 Å². The number of para-hydroxylation sites is 1. The number of rotatable bonds is 5. The first-order valence-corrected chi connectivity index (χ1v) is 10.7. The van der Waals surface area contributed by atoms with Gasteiger partial charge >= 0.3 is 0 Å². The molecule has 0 bridgehead atoms. The van der Waals surface area contributed by atoms with Crippen molar-refractivity contribution in [2.75, 3.05) is 11.9 Å². The zero-order valence-electron chi connectivity index (χ0n) is 16.1. The topological polar surface area (TPSA) is 79.6 Å². The predicted octanol–water partition coefficient (Wildman–Crippen LogP) is 6.07. The number of hydrogen-bond donors (Lipinski definition) is 1. The van der Waals surface area contributed by atoms with Gasteiger partial charge < -0.3 is 9.73 Å². The SMILES string of the molecule is O=C(CN1C(=O)S/C(=C/c2ccc(-c3ccc(Cl)c(Cl)c3)o2)C1=O)Nc1ccccc1F. The van der Waals surface area contributed by atoms with Crippen molar-refractivity contribution in [3.05, 3.63) is 81.1 Å². The molecule has 0 spiro atoms. The summed E-state index contributed by atoms with van der Waals surface area (Å²) in [5.74, 6) is -1.12. The molecular weight excluding hydrogens is 478 g/mol. The van der Waals surface area contributed by atoms with Gasteiger partial charge in [0.25, 0.3) is 11.1 Å². The molecule has 0 atom stereocenters. The second-order valence-corrected chi connectivity index (χ2v) is 8.43. The first-order chi connectivity index (χ1) is 15.3. The molecule has 0 saturated carbocycles. The molecule has 162 valence electrons. The van der Waals surface area contributed by atoms with Crippen molar-refractivity contribution in [3.63, 3.8) is 0 Å². The number of benzene rings is 2. The maximum atomic E-state index is 13.7. The summed E-state index contributed by atoms with van der Waals surface area (Å²) in [4.78, 5) is 38.0. The molecule has 2 aromatic carbocycles. The normalized spacial score (nSPS) is 15.0. The van der Waals surface area contributed by atoms with Crippen molar-refractivity contribution in [3.8, 4) is 11.3 Å². The lowest BCUT2D eigenvalue weighted by Gasteiger charge is -2.12. The molecule has 3 amide bonds. The van der Waals surface area contributed by atoms with Crippen molar-refractivity contribution in [1.29, 1.82) is 0 Å². The first-order valence-electron chi connectivity index (χ1n) is 9.17. The Morgan fingerprint density at radius 2 is 1.88 bits per heavy atom. The number of furan rings is 1. The Bertz CT molecular complexity index is 1270. The Kier molecular flexibility index (Phi) is 6.36. The number of carbonyl (C=O) groups excluding carboxylic acids is 3. The highest BCUT2D eigenvalue weighted by Crippen LogP contribution is 2.34. The second-order valence-electron chi connectivity index (χ2n) is 6.63. The van der Waals surface area contributed by atoms with Gasteiger partial charge in [0.15, 0.2) is 0 Å². The number of hydrogen-bond acceptors (Lipinski definition) is 5. The summed E-state index contributed by atoms with van der Waals surface area (Å²) < 4.78 is 19.4. The van der Waals surface area contributed by atoms with Gasteiger partial charge in [-0.15, -0.1) is 0 Å². The number of carbonyl (C=O) groups is 3. The van der Waals surface area contributed by atoms with Crippen molar-refractivity contribution in [2.45, 2.75) is 0 Å². The van der Waals surface area contributed by atoms with E-state index in [0.29, 0.717) is 38.9 Å². The average Bonchev–Trinajstić information content (AvgIpc) is 3.32. The summed E-state index contributed by atoms with van der Waals surface area (Å²) in [5, 5.41) is 2.52. The van der Waals surface area contributed by atoms with Crippen LogP contribution in [-0.2, 0) is 9.59 Å². The largest absolute Gasteiger partial charge is 0.457 e. The van der Waals surface area contributed by atoms with E-state index in [1.165, 1.54) is 24.3 Å². The lowest BCUT2D eigenvalue weighted by molar-refractivity contribution is -0.127. The highest BCUT2D eigenvalue weighted by Gasteiger charge is 2.36. The molecule has 10 heteroatoms. The summed E-state index contributed by atoms with van der Waals surface area (Å²) in [6.07, 6.45) is 1.42. The van der Waals surface area contributed by atoms with Gasteiger partial charge in [0.05, 0.1) is 20.6 Å². The number of thioether (sulfide) groups is 1. The Labute approximate surface area is 196 Å². The lowest BCUT2D eigenvalue weighted by atomic mass is 10.2. The van der Waals surface area contributed by atoms with E-state index < -0.39 is 29.4 Å². The summed E-state index contributed by atoms with van der Waals surface area (Å²) in [6, 6.07) is 13.9. The van der Waals surface area contributed by atoms with Crippen LogP contribution in [0.1, 0.15) is 5.76 Å². The molecule has 1 N–H and O–H groups in total.